The summed E-state index contributed by atoms with van der Waals surface area (Å²) in [7, 11) is 0. The fourth-order valence-electron chi connectivity index (χ4n) is 2.15. The standard InChI is InChI=1S/C14H20N2O4S/c1-4-14(2,3)20-13(19)16-7-5-6-10(16)11-15-9(8-21-11)12(17)18/h8,10H,4-7H2,1-3H3,(H,17,18)/t10-/m0/s1. The molecule has 1 saturated heterocycles. The molecule has 1 aromatic rings. The molecule has 2 rings (SSSR count). The van der Waals surface area contributed by atoms with Crippen LogP contribution in [-0.2, 0) is 4.74 Å². The quantitative estimate of drug-likeness (QED) is 0.922. The molecule has 1 N–H and O–H groups in total. The maximum Gasteiger partial charge on any atom is 0.410 e. The molecular weight excluding hydrogens is 292 g/mol. The summed E-state index contributed by atoms with van der Waals surface area (Å²) in [4.78, 5) is 29.0. The number of carboxylic acid groups (broad SMARTS) is 1. The summed E-state index contributed by atoms with van der Waals surface area (Å²) in [5.74, 6) is -1.04. The number of nitrogens with zero attached hydrogens (tertiary/aromatic N) is 2. The van der Waals surface area contributed by atoms with Crippen LogP contribution in [0.15, 0.2) is 5.38 Å². The Morgan fingerprint density at radius 3 is 2.86 bits per heavy atom. The van der Waals surface area contributed by atoms with Gasteiger partial charge in [-0.3, -0.25) is 4.90 Å². The minimum absolute atomic E-state index is 0.0316. The Bertz CT molecular complexity index is 541. The number of carboxylic acids is 1. The summed E-state index contributed by atoms with van der Waals surface area (Å²) in [6, 6.07) is -0.178. The Morgan fingerprint density at radius 2 is 2.29 bits per heavy atom. The van der Waals surface area contributed by atoms with Gasteiger partial charge in [-0.15, -0.1) is 11.3 Å². The number of thiazole rings is 1. The van der Waals surface area contributed by atoms with E-state index in [0.717, 1.165) is 19.3 Å². The summed E-state index contributed by atoms with van der Waals surface area (Å²) in [5, 5.41) is 11.1. The van der Waals surface area contributed by atoms with Crippen molar-refractivity contribution in [2.24, 2.45) is 0 Å². The van der Waals surface area contributed by atoms with Crippen molar-refractivity contribution in [3.63, 3.8) is 0 Å². The van der Waals surface area contributed by atoms with Gasteiger partial charge in [-0.1, -0.05) is 6.92 Å². The number of aromatic nitrogens is 1. The van der Waals surface area contributed by atoms with E-state index in [1.165, 1.54) is 16.7 Å². The molecule has 1 aromatic heterocycles. The molecule has 7 heteroatoms. The molecule has 1 atom stereocenters. The SMILES string of the molecule is CCC(C)(C)OC(=O)N1CCC[C@H]1c1nc(C(=O)O)cs1. The lowest BCUT2D eigenvalue weighted by molar-refractivity contribution is 0.00908. The summed E-state index contributed by atoms with van der Waals surface area (Å²) in [6.07, 6.45) is 2.04. The zero-order valence-electron chi connectivity index (χ0n) is 12.5. The van der Waals surface area contributed by atoms with Crippen LogP contribution in [0.3, 0.4) is 0 Å². The minimum atomic E-state index is -1.04. The van der Waals surface area contributed by atoms with Crippen LogP contribution in [-0.4, -0.2) is 39.2 Å². The maximum atomic E-state index is 12.3. The van der Waals surface area contributed by atoms with Crippen molar-refractivity contribution in [3.8, 4) is 0 Å². The van der Waals surface area contributed by atoms with E-state index in [9.17, 15) is 9.59 Å². The van der Waals surface area contributed by atoms with Crippen molar-refractivity contribution >= 4 is 23.4 Å². The van der Waals surface area contributed by atoms with Gasteiger partial charge in [0.25, 0.3) is 0 Å². The first-order valence-corrected chi connectivity index (χ1v) is 7.90. The van der Waals surface area contributed by atoms with Crippen molar-refractivity contribution in [1.29, 1.82) is 0 Å². The Balaban J connectivity index is 2.12. The molecule has 6 nitrogen and oxygen atoms in total. The van der Waals surface area contributed by atoms with Gasteiger partial charge in [0.2, 0.25) is 0 Å². The van der Waals surface area contributed by atoms with E-state index < -0.39 is 11.6 Å². The van der Waals surface area contributed by atoms with Crippen LogP contribution in [0.25, 0.3) is 0 Å². The average Bonchev–Trinajstić information content (AvgIpc) is 3.06. The lowest BCUT2D eigenvalue weighted by atomic mass is 10.1. The molecule has 1 fully saturated rings. The molecule has 0 saturated carbocycles. The molecular formula is C14H20N2O4S. The summed E-state index contributed by atoms with van der Waals surface area (Å²) >= 11 is 1.28. The Labute approximate surface area is 127 Å². The van der Waals surface area contributed by atoms with Crippen molar-refractivity contribution in [2.45, 2.75) is 51.7 Å². The van der Waals surface area contributed by atoms with Crippen molar-refractivity contribution < 1.29 is 19.4 Å². The molecule has 0 spiro atoms. The number of carbonyl (C=O) groups excluding carboxylic acids is 1. The molecule has 116 valence electrons. The number of aromatic carboxylic acids is 1. The van der Waals surface area contributed by atoms with Crippen LogP contribution in [0.2, 0.25) is 0 Å². The van der Waals surface area contributed by atoms with Crippen molar-refractivity contribution in [2.75, 3.05) is 6.54 Å². The zero-order chi connectivity index (χ0) is 15.6. The molecule has 0 radical (unpaired) electrons. The van der Waals surface area contributed by atoms with Crippen molar-refractivity contribution in [3.05, 3.63) is 16.1 Å². The van der Waals surface area contributed by atoms with Gasteiger partial charge in [-0.05, 0) is 33.1 Å². The Kier molecular flexibility index (Phi) is 4.51. The third-order valence-corrected chi connectivity index (χ3v) is 4.67. The summed E-state index contributed by atoms with van der Waals surface area (Å²) < 4.78 is 5.52. The number of hydrogen-bond donors (Lipinski definition) is 1. The van der Waals surface area contributed by atoms with E-state index in [1.807, 2.05) is 20.8 Å². The van der Waals surface area contributed by atoms with Gasteiger partial charge in [-0.25, -0.2) is 14.6 Å². The average molecular weight is 312 g/mol. The number of ether oxygens (including phenoxy) is 1. The van der Waals surface area contributed by atoms with E-state index in [0.29, 0.717) is 11.6 Å². The molecule has 0 bridgehead atoms. The molecule has 0 unspecified atom stereocenters. The molecule has 1 aliphatic heterocycles. The van der Waals surface area contributed by atoms with Gasteiger partial charge < -0.3 is 9.84 Å². The number of likely N-dealkylation sites (tertiary alicyclic amines) is 1. The minimum Gasteiger partial charge on any atom is -0.476 e. The van der Waals surface area contributed by atoms with E-state index in [4.69, 9.17) is 9.84 Å². The van der Waals surface area contributed by atoms with Crippen LogP contribution in [0.4, 0.5) is 4.79 Å². The van der Waals surface area contributed by atoms with E-state index in [-0.39, 0.29) is 17.8 Å². The number of amides is 1. The lowest BCUT2D eigenvalue weighted by Crippen LogP contribution is -2.37. The highest BCUT2D eigenvalue weighted by atomic mass is 32.1. The van der Waals surface area contributed by atoms with Gasteiger partial charge in [0.05, 0.1) is 6.04 Å². The third kappa shape index (κ3) is 3.53. The van der Waals surface area contributed by atoms with Gasteiger partial charge in [-0.2, -0.15) is 0 Å². The number of rotatable bonds is 4. The summed E-state index contributed by atoms with van der Waals surface area (Å²) in [6.45, 7) is 6.34. The van der Waals surface area contributed by atoms with Crippen LogP contribution < -0.4 is 0 Å². The van der Waals surface area contributed by atoms with Gasteiger partial charge in [0.1, 0.15) is 10.6 Å². The first-order valence-electron chi connectivity index (χ1n) is 7.02. The number of carbonyl (C=O) groups is 2. The normalized spacial score (nSPS) is 18.8. The molecule has 0 aromatic carbocycles. The highest BCUT2D eigenvalue weighted by Crippen LogP contribution is 2.35. The number of hydrogen-bond acceptors (Lipinski definition) is 5. The Morgan fingerprint density at radius 1 is 1.57 bits per heavy atom. The predicted molar refractivity (Wildman–Crippen MR) is 78.6 cm³/mol. The van der Waals surface area contributed by atoms with Gasteiger partial charge in [0.15, 0.2) is 5.69 Å². The second-order valence-electron chi connectivity index (χ2n) is 5.71. The van der Waals surface area contributed by atoms with Crippen LogP contribution in [0, 0.1) is 0 Å². The molecule has 1 aliphatic rings. The van der Waals surface area contributed by atoms with E-state index in [1.54, 1.807) is 4.90 Å². The lowest BCUT2D eigenvalue weighted by Gasteiger charge is -2.29. The van der Waals surface area contributed by atoms with Gasteiger partial charge in [0, 0.05) is 11.9 Å². The fraction of sp³-hybridized carbons (Fsp3) is 0.643. The molecule has 1 amide bonds. The zero-order valence-corrected chi connectivity index (χ0v) is 13.3. The van der Waals surface area contributed by atoms with E-state index in [2.05, 4.69) is 4.98 Å². The smallest absolute Gasteiger partial charge is 0.410 e. The predicted octanol–water partition coefficient (Wildman–Crippen LogP) is 3.30. The molecule has 0 aliphatic carbocycles. The maximum absolute atomic E-state index is 12.3. The van der Waals surface area contributed by atoms with E-state index >= 15 is 0 Å². The second kappa shape index (κ2) is 6.01. The van der Waals surface area contributed by atoms with Gasteiger partial charge >= 0.3 is 12.1 Å². The highest BCUT2D eigenvalue weighted by Gasteiger charge is 2.35. The monoisotopic (exact) mass is 312 g/mol. The topological polar surface area (TPSA) is 79.7 Å². The first-order chi connectivity index (χ1) is 9.84. The summed E-state index contributed by atoms with van der Waals surface area (Å²) in [5.41, 5.74) is -0.469. The highest BCUT2D eigenvalue weighted by molar-refractivity contribution is 7.09. The molecule has 2 heterocycles. The third-order valence-electron chi connectivity index (χ3n) is 3.73. The second-order valence-corrected chi connectivity index (χ2v) is 6.60. The fourth-order valence-corrected chi connectivity index (χ4v) is 3.09. The Hall–Kier alpha value is -1.63. The largest absolute Gasteiger partial charge is 0.476 e. The van der Waals surface area contributed by atoms with Crippen LogP contribution in [0.1, 0.15) is 61.6 Å². The van der Waals surface area contributed by atoms with Crippen LogP contribution >= 0.6 is 11.3 Å². The molecule has 21 heavy (non-hydrogen) atoms. The van der Waals surface area contributed by atoms with Crippen LogP contribution in [0.5, 0.6) is 0 Å². The first kappa shape index (κ1) is 15.8. The van der Waals surface area contributed by atoms with Crippen molar-refractivity contribution in [1.82, 2.24) is 9.88 Å².